The molecule has 1 aliphatic rings. The third-order valence-electron chi connectivity index (χ3n) is 5.45. The summed E-state index contributed by atoms with van der Waals surface area (Å²) in [7, 11) is 0. The largest absolute Gasteiger partial charge is 0.378 e. The van der Waals surface area contributed by atoms with Gasteiger partial charge in [0.15, 0.2) is 11.4 Å². The van der Waals surface area contributed by atoms with Crippen LogP contribution in [0.2, 0.25) is 0 Å². The van der Waals surface area contributed by atoms with Gasteiger partial charge in [-0.1, -0.05) is 32.9 Å². The number of Topliss-reactive ketones (excluding diaryl/α,β-unsaturated/α-hetero) is 1. The molecule has 0 radical (unpaired) electrons. The Bertz CT molecular complexity index is 1290. The van der Waals surface area contributed by atoms with Crippen LogP contribution in [-0.4, -0.2) is 57.8 Å². The number of H-pyrrole nitrogens is 1. The molecule has 0 aliphatic carbocycles. The van der Waals surface area contributed by atoms with Crippen LogP contribution in [0.1, 0.15) is 36.7 Å². The molecule has 9 nitrogen and oxygen atoms in total. The highest BCUT2D eigenvalue weighted by atomic mass is 16.5. The highest BCUT2D eigenvalue weighted by Gasteiger charge is 2.26. The summed E-state index contributed by atoms with van der Waals surface area (Å²) in [5.74, 6) is 0.198. The molecular formula is C25H26N6O3. The lowest BCUT2D eigenvalue weighted by Gasteiger charge is -2.26. The first-order valence-corrected chi connectivity index (χ1v) is 11.0. The van der Waals surface area contributed by atoms with Crippen LogP contribution >= 0.6 is 0 Å². The summed E-state index contributed by atoms with van der Waals surface area (Å²) in [6.45, 7) is 7.53. The van der Waals surface area contributed by atoms with Crippen LogP contribution in [0.25, 0.3) is 17.2 Å². The molecule has 1 aromatic carbocycles. The Hall–Kier alpha value is -4.03. The first-order valence-electron chi connectivity index (χ1n) is 11.0. The molecule has 174 valence electrons. The summed E-state index contributed by atoms with van der Waals surface area (Å²) in [5, 5.41) is 12.7. The molecule has 9 heteroatoms. The molecule has 0 spiro atoms. The average molecular weight is 459 g/mol. The first kappa shape index (κ1) is 23.1. The van der Waals surface area contributed by atoms with E-state index in [1.807, 2.05) is 51.1 Å². The molecule has 2 N–H and O–H groups in total. The molecule has 4 rings (SSSR count). The van der Waals surface area contributed by atoms with E-state index in [-0.39, 0.29) is 17.3 Å². The van der Waals surface area contributed by atoms with Crippen molar-refractivity contribution in [2.45, 2.75) is 20.8 Å². The Kier molecular flexibility index (Phi) is 6.43. The Labute approximate surface area is 197 Å². The van der Waals surface area contributed by atoms with Crippen molar-refractivity contribution in [1.82, 2.24) is 19.9 Å². The molecule has 34 heavy (non-hydrogen) atoms. The number of carbonyl (C=O) groups excluding carboxylic acids is 2. The van der Waals surface area contributed by atoms with E-state index in [0.717, 1.165) is 11.3 Å². The van der Waals surface area contributed by atoms with Crippen molar-refractivity contribution < 1.29 is 14.3 Å². The maximum Gasteiger partial charge on any atom is 0.264 e. The predicted octanol–water partition coefficient (Wildman–Crippen LogP) is 3.70. The van der Waals surface area contributed by atoms with E-state index in [1.165, 1.54) is 0 Å². The van der Waals surface area contributed by atoms with Gasteiger partial charge in [-0.2, -0.15) is 5.26 Å². The second-order valence-electron chi connectivity index (χ2n) is 9.06. The molecule has 0 bridgehead atoms. The number of carbonyl (C=O) groups is 2. The fourth-order valence-electron chi connectivity index (χ4n) is 3.58. The van der Waals surface area contributed by atoms with Gasteiger partial charge in [0.25, 0.3) is 5.91 Å². The molecule has 1 fully saturated rings. The van der Waals surface area contributed by atoms with Gasteiger partial charge >= 0.3 is 0 Å². The average Bonchev–Trinajstić information content (AvgIpc) is 3.25. The van der Waals surface area contributed by atoms with Crippen LogP contribution in [0.4, 0.5) is 11.5 Å². The number of hydrogen-bond acceptors (Lipinski definition) is 7. The van der Waals surface area contributed by atoms with Gasteiger partial charge in [-0.25, -0.2) is 9.97 Å². The predicted molar refractivity (Wildman–Crippen MR) is 128 cm³/mol. The van der Waals surface area contributed by atoms with Gasteiger partial charge in [0, 0.05) is 30.4 Å². The van der Waals surface area contributed by atoms with Gasteiger partial charge in [-0.3, -0.25) is 9.59 Å². The summed E-state index contributed by atoms with van der Waals surface area (Å²) < 4.78 is 5.26. The van der Waals surface area contributed by atoms with Gasteiger partial charge in [-0.05, 0) is 23.8 Å². The molecule has 1 saturated heterocycles. The van der Waals surface area contributed by atoms with E-state index in [2.05, 4.69) is 20.3 Å². The summed E-state index contributed by atoms with van der Waals surface area (Å²) in [5.41, 5.74) is 2.61. The minimum absolute atomic E-state index is 0.0127. The van der Waals surface area contributed by atoms with Gasteiger partial charge in [0.2, 0.25) is 0 Å². The molecule has 0 atom stereocenters. The number of nitrogens with one attached hydrogen (secondary N) is 2. The first-order chi connectivity index (χ1) is 16.3. The van der Waals surface area contributed by atoms with Gasteiger partial charge < -0.3 is 19.9 Å². The second-order valence-corrected chi connectivity index (χ2v) is 9.06. The maximum absolute atomic E-state index is 12.7. The standard InChI is InChI=1S/C25H26N6O3/c1-25(2,3)22(32)19-14-27-23-21(19)30-20(15-28-23)29-18-6-4-16(5-7-18)12-17(13-26)24(33)31-8-10-34-11-9-31/h4-7,12,14-15H,8-11H2,1-3H3,(H,27,28)(H,29,30)/b17-12-. The van der Waals surface area contributed by atoms with Crippen molar-refractivity contribution in [1.29, 1.82) is 5.26 Å². The normalized spacial score (nSPS) is 14.6. The SMILES string of the molecule is CC(C)(C)C(=O)c1c[nH]c2ncc(Nc3ccc(/C=C(/C#N)C(=O)N4CCOCC4)cc3)nc12. The Morgan fingerprint density at radius 3 is 2.56 bits per heavy atom. The number of morpholine rings is 1. The van der Waals surface area contributed by atoms with Crippen molar-refractivity contribution in [2.24, 2.45) is 5.41 Å². The van der Waals surface area contributed by atoms with Crippen LogP contribution in [-0.2, 0) is 9.53 Å². The van der Waals surface area contributed by atoms with E-state index < -0.39 is 5.41 Å². The minimum atomic E-state index is -0.533. The van der Waals surface area contributed by atoms with E-state index in [1.54, 1.807) is 23.4 Å². The lowest BCUT2D eigenvalue weighted by Crippen LogP contribution is -2.41. The zero-order valence-corrected chi connectivity index (χ0v) is 19.4. The Balaban J connectivity index is 1.51. The topological polar surface area (TPSA) is 124 Å². The smallest absolute Gasteiger partial charge is 0.264 e. The summed E-state index contributed by atoms with van der Waals surface area (Å²) in [4.78, 5) is 38.9. The Morgan fingerprint density at radius 1 is 1.21 bits per heavy atom. The van der Waals surface area contributed by atoms with Crippen LogP contribution in [0, 0.1) is 16.7 Å². The van der Waals surface area contributed by atoms with Crippen molar-refractivity contribution in [3.8, 4) is 6.07 Å². The lowest BCUT2D eigenvalue weighted by atomic mass is 9.87. The third-order valence-corrected chi connectivity index (χ3v) is 5.45. The molecule has 3 aromatic rings. The van der Waals surface area contributed by atoms with Crippen molar-refractivity contribution in [3.05, 3.63) is 53.4 Å². The molecule has 2 aromatic heterocycles. The quantitative estimate of drug-likeness (QED) is 0.339. The maximum atomic E-state index is 12.7. The van der Waals surface area contributed by atoms with Gasteiger partial charge in [0.1, 0.15) is 23.0 Å². The number of ether oxygens (including phenoxy) is 1. The number of nitrogens with zero attached hydrogens (tertiary/aromatic N) is 4. The van der Waals surface area contributed by atoms with Gasteiger partial charge in [-0.15, -0.1) is 0 Å². The number of benzene rings is 1. The molecule has 0 saturated carbocycles. The van der Waals surface area contributed by atoms with Crippen molar-refractivity contribution >= 4 is 40.4 Å². The number of aromatic amines is 1. The zero-order chi connectivity index (χ0) is 24.3. The zero-order valence-electron chi connectivity index (χ0n) is 19.4. The second kappa shape index (κ2) is 9.45. The molecule has 0 unspecified atom stereocenters. The lowest BCUT2D eigenvalue weighted by molar-refractivity contribution is -0.130. The number of fused-ring (bicyclic) bond motifs is 1. The Morgan fingerprint density at radius 2 is 1.91 bits per heavy atom. The number of anilines is 2. The number of nitriles is 1. The molecule has 1 aliphatic heterocycles. The van der Waals surface area contributed by atoms with Crippen molar-refractivity contribution in [3.63, 3.8) is 0 Å². The van der Waals surface area contributed by atoms with Gasteiger partial charge in [0.05, 0.1) is 25.0 Å². The van der Waals surface area contributed by atoms with Crippen LogP contribution < -0.4 is 5.32 Å². The van der Waals surface area contributed by atoms with E-state index >= 15 is 0 Å². The fourth-order valence-corrected chi connectivity index (χ4v) is 3.58. The van der Waals surface area contributed by atoms with E-state index in [4.69, 9.17) is 4.74 Å². The van der Waals surface area contributed by atoms with Crippen molar-refractivity contribution in [2.75, 3.05) is 31.6 Å². The number of rotatable bonds is 5. The fraction of sp³-hybridized carbons (Fsp3) is 0.320. The highest BCUT2D eigenvalue weighted by molar-refractivity contribution is 6.08. The summed E-state index contributed by atoms with van der Waals surface area (Å²) >= 11 is 0. The third kappa shape index (κ3) is 4.97. The summed E-state index contributed by atoms with van der Waals surface area (Å²) in [6.07, 6.45) is 4.82. The summed E-state index contributed by atoms with van der Waals surface area (Å²) in [6, 6.07) is 9.27. The van der Waals surface area contributed by atoms with Crippen LogP contribution in [0.5, 0.6) is 0 Å². The molecular weight excluding hydrogens is 432 g/mol. The van der Waals surface area contributed by atoms with Crippen LogP contribution in [0.15, 0.2) is 42.2 Å². The molecule has 1 amide bonds. The minimum Gasteiger partial charge on any atom is -0.378 e. The number of ketones is 1. The van der Waals surface area contributed by atoms with E-state index in [0.29, 0.717) is 48.8 Å². The monoisotopic (exact) mass is 458 g/mol. The van der Waals surface area contributed by atoms with Crippen LogP contribution in [0.3, 0.4) is 0 Å². The number of amides is 1. The highest BCUT2D eigenvalue weighted by Crippen LogP contribution is 2.26. The van der Waals surface area contributed by atoms with E-state index in [9.17, 15) is 14.9 Å². The molecule has 3 heterocycles. The number of aromatic nitrogens is 3. The number of hydrogen-bond donors (Lipinski definition) is 2.